The maximum absolute atomic E-state index is 5.21. The van der Waals surface area contributed by atoms with Gasteiger partial charge in [0.1, 0.15) is 0 Å². The third-order valence-corrected chi connectivity index (χ3v) is 1.61. The number of aryl methyl sites for hydroxylation is 1. The first-order valence-corrected chi connectivity index (χ1v) is 3.46. The molecule has 0 saturated carbocycles. The van der Waals surface area contributed by atoms with E-state index in [1.807, 2.05) is 25.1 Å². The molecule has 0 atom stereocenters. The van der Waals surface area contributed by atoms with Crippen molar-refractivity contribution in [1.29, 1.82) is 0 Å². The molecule has 2 rings (SSSR count). The van der Waals surface area contributed by atoms with Crippen molar-refractivity contribution >= 4 is 0 Å². The molecule has 11 heavy (non-hydrogen) atoms. The van der Waals surface area contributed by atoms with E-state index in [1.165, 1.54) is 0 Å². The number of rotatable bonds is 1. The van der Waals surface area contributed by atoms with Gasteiger partial charge in [-0.15, -0.1) is 0 Å². The molecule has 0 bridgehead atoms. The average molecular weight is 148 g/mol. The molecule has 56 valence electrons. The number of furan rings is 2. The third-order valence-electron chi connectivity index (χ3n) is 1.61. The van der Waals surface area contributed by atoms with Crippen LogP contribution < -0.4 is 0 Å². The van der Waals surface area contributed by atoms with Crippen LogP contribution in [0, 0.1) is 6.92 Å². The normalized spacial score (nSPS) is 10.3. The first kappa shape index (κ1) is 6.28. The van der Waals surface area contributed by atoms with Crippen molar-refractivity contribution in [3.8, 4) is 11.5 Å². The van der Waals surface area contributed by atoms with Crippen molar-refractivity contribution in [1.82, 2.24) is 0 Å². The van der Waals surface area contributed by atoms with Gasteiger partial charge in [0.05, 0.1) is 12.5 Å². The zero-order chi connectivity index (χ0) is 7.68. The molecular formula is C9H8O2. The Morgan fingerprint density at radius 3 is 2.55 bits per heavy atom. The molecule has 2 nitrogen and oxygen atoms in total. The first-order valence-electron chi connectivity index (χ1n) is 3.46. The lowest BCUT2D eigenvalue weighted by atomic mass is 10.2. The fraction of sp³-hybridized carbons (Fsp3) is 0.111. The summed E-state index contributed by atoms with van der Waals surface area (Å²) in [6.07, 6.45) is 3.30. The van der Waals surface area contributed by atoms with Crippen LogP contribution in [0.3, 0.4) is 0 Å². The summed E-state index contributed by atoms with van der Waals surface area (Å²) < 4.78 is 10.4. The van der Waals surface area contributed by atoms with Crippen molar-refractivity contribution in [3.63, 3.8) is 0 Å². The highest BCUT2D eigenvalue weighted by atomic mass is 16.4. The van der Waals surface area contributed by atoms with E-state index in [1.54, 1.807) is 12.5 Å². The van der Waals surface area contributed by atoms with Gasteiger partial charge in [-0.05, 0) is 30.7 Å². The predicted octanol–water partition coefficient (Wildman–Crippen LogP) is 2.85. The first-order chi connectivity index (χ1) is 5.38. The van der Waals surface area contributed by atoms with Gasteiger partial charge in [-0.25, -0.2) is 0 Å². The molecule has 0 aliphatic rings. The van der Waals surface area contributed by atoms with Gasteiger partial charge in [0.2, 0.25) is 0 Å². The van der Waals surface area contributed by atoms with Crippen molar-refractivity contribution in [2.45, 2.75) is 6.92 Å². The zero-order valence-electron chi connectivity index (χ0n) is 6.20. The second kappa shape index (κ2) is 2.31. The van der Waals surface area contributed by atoms with E-state index >= 15 is 0 Å². The quantitative estimate of drug-likeness (QED) is 0.621. The zero-order valence-corrected chi connectivity index (χ0v) is 6.20. The molecule has 0 aliphatic heterocycles. The van der Waals surface area contributed by atoms with Gasteiger partial charge in [-0.1, -0.05) is 0 Å². The van der Waals surface area contributed by atoms with Gasteiger partial charge in [0.25, 0.3) is 0 Å². The highest BCUT2D eigenvalue weighted by Crippen LogP contribution is 2.23. The highest BCUT2D eigenvalue weighted by Gasteiger charge is 2.06. The Kier molecular flexibility index (Phi) is 1.32. The van der Waals surface area contributed by atoms with Gasteiger partial charge < -0.3 is 8.83 Å². The van der Waals surface area contributed by atoms with E-state index < -0.39 is 0 Å². The van der Waals surface area contributed by atoms with Crippen LogP contribution in [0.1, 0.15) is 5.56 Å². The van der Waals surface area contributed by atoms with Crippen LogP contribution >= 0.6 is 0 Å². The van der Waals surface area contributed by atoms with Crippen LogP contribution in [0.4, 0.5) is 0 Å². The smallest absolute Gasteiger partial charge is 0.172 e. The van der Waals surface area contributed by atoms with Gasteiger partial charge in [-0.2, -0.15) is 0 Å². The lowest BCUT2D eigenvalue weighted by molar-refractivity contribution is 0.523. The van der Waals surface area contributed by atoms with Crippen molar-refractivity contribution < 1.29 is 8.83 Å². The van der Waals surface area contributed by atoms with Crippen LogP contribution in [0.5, 0.6) is 0 Å². The summed E-state index contributed by atoms with van der Waals surface area (Å²) in [7, 11) is 0. The minimum atomic E-state index is 0.785. The molecule has 2 heteroatoms. The lowest BCUT2D eigenvalue weighted by Crippen LogP contribution is -1.70. The Morgan fingerprint density at radius 1 is 1.09 bits per heavy atom. The van der Waals surface area contributed by atoms with Crippen LogP contribution in [-0.2, 0) is 0 Å². The average Bonchev–Trinajstić information content (AvgIpc) is 2.55. The second-order valence-corrected chi connectivity index (χ2v) is 2.41. The summed E-state index contributed by atoms with van der Waals surface area (Å²) in [5, 5.41) is 0. The van der Waals surface area contributed by atoms with Crippen molar-refractivity contribution in [2.24, 2.45) is 0 Å². The molecule has 0 aliphatic carbocycles. The maximum Gasteiger partial charge on any atom is 0.172 e. The van der Waals surface area contributed by atoms with E-state index in [0.717, 1.165) is 17.1 Å². The molecule has 0 aromatic carbocycles. The summed E-state index contributed by atoms with van der Waals surface area (Å²) >= 11 is 0. The minimum absolute atomic E-state index is 0.785. The molecule has 2 heterocycles. The van der Waals surface area contributed by atoms with E-state index in [-0.39, 0.29) is 0 Å². The summed E-state index contributed by atoms with van der Waals surface area (Å²) in [6.45, 7) is 1.99. The summed E-state index contributed by atoms with van der Waals surface area (Å²) in [6, 6.07) is 5.64. The summed E-state index contributed by atoms with van der Waals surface area (Å²) in [4.78, 5) is 0. The SMILES string of the molecule is Cc1ccoc1-c1ccco1. The molecule has 2 aromatic heterocycles. The molecule has 0 amide bonds. The Hall–Kier alpha value is -1.44. The van der Waals surface area contributed by atoms with E-state index in [9.17, 15) is 0 Å². The second-order valence-electron chi connectivity index (χ2n) is 2.41. The van der Waals surface area contributed by atoms with Gasteiger partial charge in [0, 0.05) is 0 Å². The lowest BCUT2D eigenvalue weighted by Gasteiger charge is -1.90. The van der Waals surface area contributed by atoms with E-state index in [2.05, 4.69) is 0 Å². The fourth-order valence-electron chi connectivity index (χ4n) is 1.03. The standard InChI is InChI=1S/C9H8O2/c1-7-4-6-11-9(7)8-3-2-5-10-8/h2-6H,1H3. The van der Waals surface area contributed by atoms with Crippen LogP contribution in [0.15, 0.2) is 39.6 Å². The van der Waals surface area contributed by atoms with E-state index in [4.69, 9.17) is 8.83 Å². The van der Waals surface area contributed by atoms with Crippen LogP contribution in [-0.4, -0.2) is 0 Å². The van der Waals surface area contributed by atoms with E-state index in [0.29, 0.717) is 0 Å². The Bertz CT molecular complexity index is 330. The third kappa shape index (κ3) is 0.963. The topological polar surface area (TPSA) is 26.3 Å². The molecule has 0 saturated heterocycles. The fourth-order valence-corrected chi connectivity index (χ4v) is 1.03. The van der Waals surface area contributed by atoms with Gasteiger partial charge >= 0.3 is 0 Å². The Balaban J connectivity index is 2.53. The van der Waals surface area contributed by atoms with Gasteiger partial charge in [-0.3, -0.25) is 0 Å². The van der Waals surface area contributed by atoms with Crippen LogP contribution in [0.25, 0.3) is 11.5 Å². The van der Waals surface area contributed by atoms with Crippen molar-refractivity contribution in [3.05, 3.63) is 36.3 Å². The molecule has 0 radical (unpaired) electrons. The Labute approximate surface area is 64.4 Å². The van der Waals surface area contributed by atoms with Crippen molar-refractivity contribution in [2.75, 3.05) is 0 Å². The minimum Gasteiger partial charge on any atom is -0.461 e. The molecular weight excluding hydrogens is 140 g/mol. The number of hydrogen-bond acceptors (Lipinski definition) is 2. The monoisotopic (exact) mass is 148 g/mol. The van der Waals surface area contributed by atoms with Gasteiger partial charge in [0.15, 0.2) is 11.5 Å². The highest BCUT2D eigenvalue weighted by molar-refractivity contribution is 5.53. The molecule has 0 N–H and O–H groups in total. The molecule has 2 aromatic rings. The number of hydrogen-bond donors (Lipinski definition) is 0. The Morgan fingerprint density at radius 2 is 2.00 bits per heavy atom. The largest absolute Gasteiger partial charge is 0.461 e. The maximum atomic E-state index is 5.21. The molecule has 0 fully saturated rings. The molecule has 0 unspecified atom stereocenters. The predicted molar refractivity (Wildman–Crippen MR) is 41.1 cm³/mol. The summed E-state index contributed by atoms with van der Waals surface area (Å²) in [5.41, 5.74) is 1.10. The van der Waals surface area contributed by atoms with Crippen LogP contribution in [0.2, 0.25) is 0 Å². The molecule has 0 spiro atoms. The summed E-state index contributed by atoms with van der Waals surface area (Å²) in [5.74, 6) is 1.60.